The van der Waals surface area contributed by atoms with Gasteiger partial charge in [0.15, 0.2) is 0 Å². The van der Waals surface area contributed by atoms with E-state index in [4.69, 9.17) is 11.6 Å². The van der Waals surface area contributed by atoms with E-state index >= 15 is 0 Å². The molecule has 2 aromatic carbocycles. The van der Waals surface area contributed by atoms with Crippen molar-refractivity contribution >= 4 is 39.3 Å². The van der Waals surface area contributed by atoms with Crippen LogP contribution in [0.4, 0.5) is 0 Å². The average molecular weight is 364 g/mol. The van der Waals surface area contributed by atoms with Crippen LogP contribution in [-0.2, 0) is 6.42 Å². The van der Waals surface area contributed by atoms with Gasteiger partial charge in [-0.2, -0.15) is 0 Å². The molecule has 1 amide bonds. The maximum atomic E-state index is 13.0. The Morgan fingerprint density at radius 1 is 1.12 bits per heavy atom. The number of hydrogen-bond donors (Lipinski definition) is 3. The molecule has 5 rings (SSSR count). The molecule has 0 aliphatic heterocycles. The lowest BCUT2D eigenvalue weighted by Gasteiger charge is -2.24. The van der Waals surface area contributed by atoms with E-state index in [1.165, 1.54) is 10.9 Å². The second-order valence-electron chi connectivity index (χ2n) is 6.84. The molecule has 0 unspecified atom stereocenters. The molecule has 1 aliphatic carbocycles. The summed E-state index contributed by atoms with van der Waals surface area (Å²) in [6.45, 7) is 0. The van der Waals surface area contributed by atoms with E-state index in [0.29, 0.717) is 5.56 Å². The summed E-state index contributed by atoms with van der Waals surface area (Å²) in [4.78, 5) is 19.6. The normalized spacial score (nSPS) is 16.7. The molecule has 130 valence electrons. The molecule has 1 aliphatic rings. The van der Waals surface area contributed by atoms with Gasteiger partial charge in [0.25, 0.3) is 5.91 Å². The summed E-state index contributed by atoms with van der Waals surface area (Å²) in [5.74, 6) is -0.0437. The molecule has 3 N–H and O–H groups in total. The number of amides is 1. The first-order chi connectivity index (χ1) is 12.7. The van der Waals surface area contributed by atoms with Crippen molar-refractivity contribution in [2.75, 3.05) is 0 Å². The number of aromatic amines is 2. The van der Waals surface area contributed by atoms with Crippen molar-refractivity contribution in [3.05, 3.63) is 70.5 Å². The van der Waals surface area contributed by atoms with Crippen molar-refractivity contribution < 1.29 is 4.79 Å². The van der Waals surface area contributed by atoms with Gasteiger partial charge in [-0.05, 0) is 49.1 Å². The lowest BCUT2D eigenvalue weighted by Crippen LogP contribution is -2.31. The van der Waals surface area contributed by atoms with E-state index in [9.17, 15) is 4.79 Å². The van der Waals surface area contributed by atoms with E-state index in [2.05, 4.69) is 21.4 Å². The van der Waals surface area contributed by atoms with Crippen LogP contribution in [0.3, 0.4) is 0 Å². The molecule has 0 saturated carbocycles. The largest absolute Gasteiger partial charge is 0.361 e. The Kier molecular flexibility index (Phi) is 3.54. The minimum absolute atomic E-state index is 0.0242. The van der Waals surface area contributed by atoms with Crippen LogP contribution in [0.5, 0.6) is 0 Å². The summed E-state index contributed by atoms with van der Waals surface area (Å²) in [6, 6.07) is 13.6. The summed E-state index contributed by atoms with van der Waals surface area (Å²) in [7, 11) is 0. The highest BCUT2D eigenvalue weighted by Gasteiger charge is 2.26. The van der Waals surface area contributed by atoms with Crippen molar-refractivity contribution in [1.82, 2.24) is 15.3 Å². The molecule has 2 aromatic heterocycles. The zero-order chi connectivity index (χ0) is 17.7. The SMILES string of the molecule is O=C(N[C@H]1CCCc2c1[nH]c1c(Cl)cccc21)c1cccc2[nH]ccc12. The van der Waals surface area contributed by atoms with Gasteiger partial charge in [0.05, 0.1) is 16.6 Å². The zero-order valence-corrected chi connectivity index (χ0v) is 14.9. The standard InChI is InChI=1S/C21H18ClN3O/c22-16-7-1-4-13-14-5-2-9-18(20(14)25-19(13)16)24-21(26)15-6-3-8-17-12(15)10-11-23-17/h1,3-4,6-8,10-11,18,23,25H,2,5,9H2,(H,24,26)/t18-/m0/s1. The molecule has 26 heavy (non-hydrogen) atoms. The second kappa shape index (κ2) is 5.92. The summed E-state index contributed by atoms with van der Waals surface area (Å²) in [6.07, 6.45) is 4.84. The number of fused-ring (bicyclic) bond motifs is 4. The van der Waals surface area contributed by atoms with Crippen LogP contribution in [0, 0.1) is 0 Å². The summed E-state index contributed by atoms with van der Waals surface area (Å²) < 4.78 is 0. The fraction of sp³-hybridized carbons (Fsp3) is 0.190. The molecule has 0 fully saturated rings. The number of nitrogens with one attached hydrogen (secondary N) is 3. The molecular weight excluding hydrogens is 346 g/mol. The van der Waals surface area contributed by atoms with Crippen molar-refractivity contribution in [1.29, 1.82) is 0 Å². The van der Waals surface area contributed by atoms with Gasteiger partial charge in [-0.15, -0.1) is 0 Å². The van der Waals surface area contributed by atoms with E-state index < -0.39 is 0 Å². The quantitative estimate of drug-likeness (QED) is 0.455. The van der Waals surface area contributed by atoms with Gasteiger partial charge in [-0.1, -0.05) is 29.8 Å². The molecule has 0 saturated heterocycles. The highest BCUT2D eigenvalue weighted by atomic mass is 35.5. The fourth-order valence-corrected chi connectivity index (χ4v) is 4.34. The van der Waals surface area contributed by atoms with Crippen LogP contribution in [0.15, 0.2) is 48.7 Å². The molecular formula is C21H18ClN3O. The molecule has 4 nitrogen and oxygen atoms in total. The minimum Gasteiger partial charge on any atom is -0.361 e. The Morgan fingerprint density at radius 3 is 2.92 bits per heavy atom. The van der Waals surface area contributed by atoms with Crippen molar-refractivity contribution in [2.24, 2.45) is 0 Å². The first-order valence-corrected chi connectivity index (χ1v) is 9.26. The molecule has 0 bridgehead atoms. The first kappa shape index (κ1) is 15.5. The van der Waals surface area contributed by atoms with Crippen molar-refractivity contribution in [2.45, 2.75) is 25.3 Å². The Hall–Kier alpha value is -2.72. The average Bonchev–Trinajstić information content (AvgIpc) is 3.27. The van der Waals surface area contributed by atoms with E-state index in [1.54, 1.807) is 0 Å². The Labute approximate surface area is 155 Å². The first-order valence-electron chi connectivity index (χ1n) is 8.88. The van der Waals surface area contributed by atoms with E-state index in [-0.39, 0.29) is 11.9 Å². The van der Waals surface area contributed by atoms with Gasteiger partial charge < -0.3 is 15.3 Å². The van der Waals surface area contributed by atoms with Gasteiger partial charge in [-0.3, -0.25) is 4.79 Å². The topological polar surface area (TPSA) is 60.7 Å². The highest BCUT2D eigenvalue weighted by molar-refractivity contribution is 6.35. The fourth-order valence-electron chi connectivity index (χ4n) is 4.12. The summed E-state index contributed by atoms with van der Waals surface area (Å²) >= 11 is 6.36. The Balaban J connectivity index is 1.53. The number of aromatic nitrogens is 2. The van der Waals surface area contributed by atoms with Crippen LogP contribution in [0.1, 0.15) is 40.5 Å². The van der Waals surface area contributed by atoms with Crippen LogP contribution in [-0.4, -0.2) is 15.9 Å². The third-order valence-corrected chi connectivity index (χ3v) is 5.65. The van der Waals surface area contributed by atoms with Gasteiger partial charge in [0.2, 0.25) is 0 Å². The number of hydrogen-bond acceptors (Lipinski definition) is 1. The van der Waals surface area contributed by atoms with Gasteiger partial charge in [0.1, 0.15) is 0 Å². The van der Waals surface area contributed by atoms with Crippen molar-refractivity contribution in [3.8, 4) is 0 Å². The molecule has 5 heteroatoms. The monoisotopic (exact) mass is 363 g/mol. The smallest absolute Gasteiger partial charge is 0.252 e. The molecule has 0 spiro atoms. The van der Waals surface area contributed by atoms with E-state index in [0.717, 1.165) is 46.4 Å². The minimum atomic E-state index is -0.0437. The number of carbonyl (C=O) groups is 1. The maximum Gasteiger partial charge on any atom is 0.252 e. The summed E-state index contributed by atoms with van der Waals surface area (Å²) in [5.41, 5.74) is 5.00. The number of rotatable bonds is 2. The Morgan fingerprint density at radius 2 is 2.00 bits per heavy atom. The molecule has 1 atom stereocenters. The number of aryl methyl sites for hydroxylation is 1. The zero-order valence-electron chi connectivity index (χ0n) is 14.1. The number of H-pyrrole nitrogens is 2. The van der Waals surface area contributed by atoms with Crippen LogP contribution in [0.25, 0.3) is 21.8 Å². The third kappa shape index (κ3) is 2.33. The maximum absolute atomic E-state index is 13.0. The van der Waals surface area contributed by atoms with Crippen LogP contribution >= 0.6 is 11.6 Å². The molecule has 2 heterocycles. The number of carbonyl (C=O) groups excluding carboxylic acids is 1. The lowest BCUT2D eigenvalue weighted by atomic mass is 9.91. The third-order valence-electron chi connectivity index (χ3n) is 5.34. The highest BCUT2D eigenvalue weighted by Crippen LogP contribution is 2.37. The van der Waals surface area contributed by atoms with Gasteiger partial charge in [0, 0.05) is 33.7 Å². The number of benzene rings is 2. The van der Waals surface area contributed by atoms with Crippen LogP contribution in [0.2, 0.25) is 5.02 Å². The van der Waals surface area contributed by atoms with E-state index in [1.807, 2.05) is 42.6 Å². The number of halogens is 1. The Bertz CT molecular complexity index is 1140. The predicted molar refractivity (Wildman–Crippen MR) is 105 cm³/mol. The predicted octanol–water partition coefficient (Wildman–Crippen LogP) is 5.11. The number of para-hydroxylation sites is 1. The molecule has 4 aromatic rings. The second-order valence-corrected chi connectivity index (χ2v) is 7.25. The van der Waals surface area contributed by atoms with Gasteiger partial charge in [-0.25, -0.2) is 0 Å². The van der Waals surface area contributed by atoms with Gasteiger partial charge >= 0.3 is 0 Å². The van der Waals surface area contributed by atoms with Crippen LogP contribution < -0.4 is 5.32 Å². The lowest BCUT2D eigenvalue weighted by molar-refractivity contribution is 0.0933. The summed E-state index contributed by atoms with van der Waals surface area (Å²) in [5, 5.41) is 6.06. The van der Waals surface area contributed by atoms with Crippen molar-refractivity contribution in [3.63, 3.8) is 0 Å². The molecule has 0 radical (unpaired) electrons.